The van der Waals surface area contributed by atoms with Crippen molar-refractivity contribution in [3.63, 3.8) is 0 Å². The Bertz CT molecular complexity index is 1200. The molecule has 27 heavy (non-hydrogen) atoms. The third-order valence-electron chi connectivity index (χ3n) is 4.49. The Morgan fingerprint density at radius 2 is 1.59 bits per heavy atom. The van der Waals surface area contributed by atoms with Gasteiger partial charge in [-0.15, -0.1) is 0 Å². The molecular weight excluding hydrogens is 344 g/mol. The molecule has 0 radical (unpaired) electrons. The van der Waals surface area contributed by atoms with Crippen LogP contribution in [-0.4, -0.2) is 15.5 Å². The minimum atomic E-state index is -0.502. The van der Waals surface area contributed by atoms with Gasteiger partial charge in [-0.05, 0) is 30.3 Å². The normalized spacial score (nSPS) is 10.9. The van der Waals surface area contributed by atoms with E-state index in [2.05, 4.69) is 21.3 Å². The van der Waals surface area contributed by atoms with Crippen LogP contribution < -0.4 is 10.6 Å². The summed E-state index contributed by atoms with van der Waals surface area (Å²) >= 11 is 0. The van der Waals surface area contributed by atoms with Gasteiger partial charge in [-0.2, -0.15) is 0 Å². The lowest BCUT2D eigenvalue weighted by molar-refractivity contribution is -0.384. The number of nitro groups is 1. The van der Waals surface area contributed by atoms with Crippen LogP contribution in [-0.2, 0) is 7.05 Å². The molecule has 3 aromatic carbocycles. The van der Waals surface area contributed by atoms with Gasteiger partial charge in [-0.25, -0.2) is 4.79 Å². The third kappa shape index (κ3) is 3.06. The van der Waals surface area contributed by atoms with Gasteiger partial charge in [0.05, 0.1) is 4.92 Å². The molecule has 1 aromatic heterocycles. The first-order chi connectivity index (χ1) is 13.0. The van der Waals surface area contributed by atoms with Crippen LogP contribution in [0.4, 0.5) is 21.9 Å². The van der Waals surface area contributed by atoms with Gasteiger partial charge in [-0.1, -0.05) is 24.3 Å². The molecule has 0 atom stereocenters. The van der Waals surface area contributed by atoms with Crippen LogP contribution in [0.5, 0.6) is 0 Å². The molecule has 0 saturated carbocycles. The minimum absolute atomic E-state index is 0.0787. The zero-order valence-electron chi connectivity index (χ0n) is 14.5. The lowest BCUT2D eigenvalue weighted by Gasteiger charge is -2.08. The molecule has 0 unspecified atom stereocenters. The smallest absolute Gasteiger partial charge is 0.323 e. The van der Waals surface area contributed by atoms with Crippen molar-refractivity contribution < 1.29 is 9.72 Å². The second-order valence-corrected chi connectivity index (χ2v) is 6.19. The van der Waals surface area contributed by atoms with Crippen molar-refractivity contribution in [2.45, 2.75) is 0 Å². The van der Waals surface area contributed by atoms with Crippen molar-refractivity contribution in [2.24, 2.45) is 7.05 Å². The van der Waals surface area contributed by atoms with E-state index in [-0.39, 0.29) is 5.69 Å². The molecule has 0 aliphatic rings. The van der Waals surface area contributed by atoms with Gasteiger partial charge in [0.25, 0.3) is 5.69 Å². The molecule has 4 rings (SSSR count). The fourth-order valence-corrected chi connectivity index (χ4v) is 3.24. The quantitative estimate of drug-likeness (QED) is 0.403. The van der Waals surface area contributed by atoms with Gasteiger partial charge in [-0.3, -0.25) is 10.1 Å². The maximum absolute atomic E-state index is 12.3. The average Bonchev–Trinajstić information content (AvgIpc) is 2.94. The van der Waals surface area contributed by atoms with Crippen LogP contribution in [0.2, 0.25) is 0 Å². The number of benzene rings is 3. The standard InChI is InChI=1S/C20H16N4O3/c1-23-18-8-3-2-7-16(18)17-12-14(9-10-19(17)23)22-20(25)21-13-5-4-6-15(11-13)24(26)27/h2-12H,1H3,(H2,21,22,25). The number of carbonyl (C=O) groups excluding carboxylic acids is 1. The Balaban J connectivity index is 1.60. The van der Waals surface area contributed by atoms with Crippen molar-refractivity contribution in [3.8, 4) is 0 Å². The second-order valence-electron chi connectivity index (χ2n) is 6.19. The van der Waals surface area contributed by atoms with Gasteiger partial charge in [0, 0.05) is 52.4 Å². The average molecular weight is 360 g/mol. The number of rotatable bonds is 3. The Kier molecular flexibility index (Phi) is 3.97. The van der Waals surface area contributed by atoms with Gasteiger partial charge in [0.1, 0.15) is 0 Å². The number of aromatic nitrogens is 1. The van der Waals surface area contributed by atoms with Crippen molar-refractivity contribution >= 4 is 44.9 Å². The molecule has 0 aliphatic heterocycles. The molecule has 0 spiro atoms. The molecule has 0 aliphatic carbocycles. The maximum Gasteiger partial charge on any atom is 0.323 e. The van der Waals surface area contributed by atoms with Crippen molar-refractivity contribution in [1.29, 1.82) is 0 Å². The van der Waals surface area contributed by atoms with E-state index in [1.165, 1.54) is 18.2 Å². The van der Waals surface area contributed by atoms with E-state index in [0.29, 0.717) is 11.4 Å². The number of urea groups is 1. The summed E-state index contributed by atoms with van der Waals surface area (Å²) in [4.78, 5) is 22.6. The van der Waals surface area contributed by atoms with Crippen molar-refractivity contribution in [1.82, 2.24) is 4.57 Å². The molecule has 2 N–H and O–H groups in total. The van der Waals surface area contributed by atoms with Gasteiger partial charge >= 0.3 is 6.03 Å². The number of hydrogen-bond acceptors (Lipinski definition) is 3. The SMILES string of the molecule is Cn1c2ccccc2c2cc(NC(=O)Nc3cccc([N+](=O)[O-])c3)ccc21. The van der Waals surface area contributed by atoms with E-state index in [1.54, 1.807) is 6.07 Å². The highest BCUT2D eigenvalue weighted by atomic mass is 16.6. The van der Waals surface area contributed by atoms with Crippen molar-refractivity contribution in [3.05, 3.63) is 76.8 Å². The highest BCUT2D eigenvalue weighted by Gasteiger charge is 2.11. The predicted molar refractivity (Wildman–Crippen MR) is 106 cm³/mol. The lowest BCUT2D eigenvalue weighted by Crippen LogP contribution is -2.19. The number of para-hydroxylation sites is 1. The molecule has 134 valence electrons. The highest BCUT2D eigenvalue weighted by Crippen LogP contribution is 2.30. The van der Waals surface area contributed by atoms with E-state index >= 15 is 0 Å². The van der Waals surface area contributed by atoms with Crippen molar-refractivity contribution in [2.75, 3.05) is 10.6 Å². The largest absolute Gasteiger partial charge is 0.344 e. The molecule has 7 heteroatoms. The summed E-state index contributed by atoms with van der Waals surface area (Å²) in [6.07, 6.45) is 0. The maximum atomic E-state index is 12.3. The fraction of sp³-hybridized carbons (Fsp3) is 0.0500. The second kappa shape index (κ2) is 6.45. The number of anilines is 2. The predicted octanol–water partition coefficient (Wildman–Crippen LogP) is 4.88. The number of fused-ring (bicyclic) bond motifs is 3. The van der Waals surface area contributed by atoms with Gasteiger partial charge in [0.15, 0.2) is 0 Å². The van der Waals surface area contributed by atoms with Crippen LogP contribution in [0.3, 0.4) is 0 Å². The number of hydrogen-bond donors (Lipinski definition) is 2. The first-order valence-corrected chi connectivity index (χ1v) is 8.32. The van der Waals surface area contributed by atoms with Crippen LogP contribution in [0.25, 0.3) is 21.8 Å². The molecule has 2 amide bonds. The van der Waals surface area contributed by atoms with Crippen LogP contribution >= 0.6 is 0 Å². The van der Waals surface area contributed by atoms with E-state index in [0.717, 1.165) is 21.8 Å². The van der Waals surface area contributed by atoms with Crippen LogP contribution in [0.15, 0.2) is 66.7 Å². The Labute approximate surface area is 154 Å². The van der Waals surface area contributed by atoms with E-state index in [4.69, 9.17) is 0 Å². The molecule has 4 aromatic rings. The summed E-state index contributed by atoms with van der Waals surface area (Å²) in [5.74, 6) is 0. The number of nitrogens with zero attached hydrogens (tertiary/aromatic N) is 2. The summed E-state index contributed by atoms with van der Waals surface area (Å²) in [5.41, 5.74) is 3.10. The van der Waals surface area contributed by atoms with E-state index in [9.17, 15) is 14.9 Å². The summed E-state index contributed by atoms with van der Waals surface area (Å²) in [5, 5.41) is 18.4. The summed E-state index contributed by atoms with van der Waals surface area (Å²) in [6, 6.07) is 19.1. The number of aryl methyl sites for hydroxylation is 1. The topological polar surface area (TPSA) is 89.2 Å². The molecule has 1 heterocycles. The number of nitrogens with one attached hydrogen (secondary N) is 2. The number of nitro benzene ring substituents is 1. The molecule has 0 saturated heterocycles. The number of amides is 2. The number of carbonyl (C=O) groups is 1. The summed E-state index contributed by atoms with van der Waals surface area (Å²) in [7, 11) is 2.01. The Morgan fingerprint density at radius 3 is 2.37 bits per heavy atom. The fourth-order valence-electron chi connectivity index (χ4n) is 3.24. The highest BCUT2D eigenvalue weighted by molar-refractivity contribution is 6.10. The first-order valence-electron chi connectivity index (χ1n) is 8.32. The Morgan fingerprint density at radius 1 is 0.889 bits per heavy atom. The van der Waals surface area contributed by atoms with E-state index < -0.39 is 11.0 Å². The first kappa shape index (κ1) is 16.6. The zero-order valence-corrected chi connectivity index (χ0v) is 14.5. The third-order valence-corrected chi connectivity index (χ3v) is 4.49. The molecule has 0 bridgehead atoms. The monoisotopic (exact) mass is 360 g/mol. The summed E-state index contributed by atoms with van der Waals surface area (Å²) in [6.45, 7) is 0. The minimum Gasteiger partial charge on any atom is -0.344 e. The van der Waals surface area contributed by atoms with Gasteiger partial charge < -0.3 is 15.2 Å². The Hall–Kier alpha value is -3.87. The lowest BCUT2D eigenvalue weighted by atomic mass is 10.1. The summed E-state index contributed by atoms with van der Waals surface area (Å²) < 4.78 is 2.11. The van der Waals surface area contributed by atoms with E-state index in [1.807, 2.05) is 43.4 Å². The molecule has 7 nitrogen and oxygen atoms in total. The van der Waals surface area contributed by atoms with Crippen LogP contribution in [0.1, 0.15) is 0 Å². The van der Waals surface area contributed by atoms with Crippen LogP contribution in [0, 0.1) is 10.1 Å². The molecular formula is C20H16N4O3. The number of non-ortho nitro benzene ring substituents is 1. The molecule has 0 fully saturated rings. The van der Waals surface area contributed by atoms with Gasteiger partial charge in [0.2, 0.25) is 0 Å². The zero-order chi connectivity index (χ0) is 19.0.